The average molecular weight is 285 g/mol. The quantitative estimate of drug-likeness (QED) is 0.669. The third-order valence-electron chi connectivity index (χ3n) is 2.14. The van der Waals surface area contributed by atoms with Gasteiger partial charge in [-0.2, -0.15) is 4.98 Å². The Labute approximate surface area is 114 Å². The number of hydrazine groups is 1. The lowest BCUT2D eigenvalue weighted by atomic mass is 10.2. The highest BCUT2D eigenvalue weighted by Gasteiger charge is 2.10. The van der Waals surface area contributed by atoms with Crippen molar-refractivity contribution in [2.24, 2.45) is 5.84 Å². The van der Waals surface area contributed by atoms with Gasteiger partial charge in [0.15, 0.2) is 0 Å². The zero-order valence-electron chi connectivity index (χ0n) is 9.45. The molecular weight excluding hydrogens is 275 g/mol. The first-order chi connectivity index (χ1) is 8.60. The number of hydrogen-bond acceptors (Lipinski definition) is 5. The largest absolute Gasteiger partial charge is 0.436 e. The Balaban J connectivity index is 2.33. The number of rotatable bonds is 3. The number of halogens is 2. The molecule has 0 unspecified atom stereocenters. The summed E-state index contributed by atoms with van der Waals surface area (Å²) in [6.07, 6.45) is 1.39. The molecule has 2 aromatic rings. The molecule has 1 aromatic carbocycles. The Bertz CT molecular complexity index is 577. The molecule has 18 heavy (non-hydrogen) atoms. The minimum Gasteiger partial charge on any atom is -0.436 e. The normalized spacial score (nSPS) is 10.2. The number of hydrogen-bond donors (Lipinski definition) is 2. The molecule has 1 aromatic heterocycles. The van der Waals surface area contributed by atoms with Crippen molar-refractivity contribution < 1.29 is 4.74 Å². The van der Waals surface area contributed by atoms with Gasteiger partial charge in [0.1, 0.15) is 10.8 Å². The van der Waals surface area contributed by atoms with E-state index in [0.717, 1.165) is 5.56 Å². The van der Waals surface area contributed by atoms with Crippen molar-refractivity contribution in [1.29, 1.82) is 0 Å². The molecule has 2 rings (SSSR count). The number of nitrogens with zero attached hydrogens (tertiary/aromatic N) is 2. The van der Waals surface area contributed by atoms with Crippen LogP contribution in [0.3, 0.4) is 0 Å². The predicted molar refractivity (Wildman–Crippen MR) is 71.1 cm³/mol. The Morgan fingerprint density at radius 2 is 2.06 bits per heavy atom. The van der Waals surface area contributed by atoms with E-state index in [1.165, 1.54) is 6.20 Å². The maximum absolute atomic E-state index is 6.05. The molecule has 0 aliphatic rings. The molecule has 0 aliphatic heterocycles. The molecule has 0 atom stereocenters. The second-order valence-electron chi connectivity index (χ2n) is 3.53. The summed E-state index contributed by atoms with van der Waals surface area (Å²) in [6, 6.07) is 5.40. The number of ether oxygens (including phenoxy) is 1. The molecule has 0 radical (unpaired) electrons. The first-order valence-electron chi connectivity index (χ1n) is 5.03. The van der Waals surface area contributed by atoms with Gasteiger partial charge in [-0.25, -0.2) is 10.8 Å². The van der Waals surface area contributed by atoms with E-state index in [2.05, 4.69) is 15.4 Å². The van der Waals surface area contributed by atoms with Crippen LogP contribution in [0.1, 0.15) is 5.56 Å². The van der Waals surface area contributed by atoms with Crippen molar-refractivity contribution in [3.8, 4) is 11.6 Å². The van der Waals surface area contributed by atoms with Gasteiger partial charge in [-0.3, -0.25) is 5.43 Å². The van der Waals surface area contributed by atoms with Crippen LogP contribution in [0, 0.1) is 6.92 Å². The maximum atomic E-state index is 6.05. The molecule has 0 bridgehead atoms. The second-order valence-corrected chi connectivity index (χ2v) is 4.34. The van der Waals surface area contributed by atoms with Crippen molar-refractivity contribution in [3.63, 3.8) is 0 Å². The van der Waals surface area contributed by atoms with Gasteiger partial charge in [-0.05, 0) is 24.6 Å². The fraction of sp³-hybridized carbons (Fsp3) is 0.0909. The van der Waals surface area contributed by atoms with Gasteiger partial charge in [0.05, 0.1) is 11.2 Å². The predicted octanol–water partition coefficient (Wildman–Crippen LogP) is 3.17. The van der Waals surface area contributed by atoms with Gasteiger partial charge in [0.25, 0.3) is 0 Å². The number of benzene rings is 1. The molecule has 0 aliphatic carbocycles. The highest BCUT2D eigenvalue weighted by atomic mass is 35.5. The monoisotopic (exact) mass is 284 g/mol. The smallest absolute Gasteiger partial charge is 0.243 e. The minimum atomic E-state index is 0.186. The van der Waals surface area contributed by atoms with E-state index in [-0.39, 0.29) is 16.9 Å². The maximum Gasteiger partial charge on any atom is 0.243 e. The van der Waals surface area contributed by atoms with Gasteiger partial charge in [0, 0.05) is 0 Å². The SMILES string of the molecule is Cc1ccc(Oc2nc(NN)ncc2Cl)c(Cl)c1. The summed E-state index contributed by atoms with van der Waals surface area (Å²) in [5.41, 5.74) is 3.34. The lowest BCUT2D eigenvalue weighted by molar-refractivity contribution is 0.462. The zero-order chi connectivity index (χ0) is 13.1. The number of aryl methyl sites for hydroxylation is 1. The van der Waals surface area contributed by atoms with Crippen LogP contribution in [0.5, 0.6) is 11.6 Å². The van der Waals surface area contributed by atoms with E-state index in [9.17, 15) is 0 Å². The molecule has 0 spiro atoms. The van der Waals surface area contributed by atoms with Crippen molar-refractivity contribution in [3.05, 3.63) is 40.0 Å². The summed E-state index contributed by atoms with van der Waals surface area (Å²) >= 11 is 12.0. The van der Waals surface area contributed by atoms with E-state index >= 15 is 0 Å². The summed E-state index contributed by atoms with van der Waals surface area (Å²) in [4.78, 5) is 7.83. The lowest BCUT2D eigenvalue weighted by Gasteiger charge is -2.09. The molecule has 7 heteroatoms. The number of aromatic nitrogens is 2. The van der Waals surface area contributed by atoms with Gasteiger partial charge >= 0.3 is 0 Å². The van der Waals surface area contributed by atoms with E-state index < -0.39 is 0 Å². The van der Waals surface area contributed by atoms with Gasteiger partial charge in [0.2, 0.25) is 11.8 Å². The summed E-state index contributed by atoms with van der Waals surface area (Å²) in [7, 11) is 0. The molecule has 0 amide bonds. The van der Waals surface area contributed by atoms with Crippen LogP contribution >= 0.6 is 23.2 Å². The standard InChI is InChI=1S/C11H10Cl2N4O/c1-6-2-3-9(7(12)4-6)18-10-8(13)5-15-11(16-10)17-14/h2-5H,14H2,1H3,(H,15,16,17). The van der Waals surface area contributed by atoms with Crippen LogP contribution in [-0.2, 0) is 0 Å². The van der Waals surface area contributed by atoms with Crippen LogP contribution in [0.2, 0.25) is 10.0 Å². The van der Waals surface area contributed by atoms with Crippen LogP contribution in [0.15, 0.2) is 24.4 Å². The Kier molecular flexibility index (Phi) is 3.86. The van der Waals surface area contributed by atoms with Gasteiger partial charge < -0.3 is 4.74 Å². The van der Waals surface area contributed by atoms with E-state index in [1.54, 1.807) is 12.1 Å². The molecule has 3 N–H and O–H groups in total. The van der Waals surface area contributed by atoms with Gasteiger partial charge in [-0.15, -0.1) is 0 Å². The zero-order valence-corrected chi connectivity index (χ0v) is 11.0. The second kappa shape index (κ2) is 5.39. The van der Waals surface area contributed by atoms with Crippen molar-refractivity contribution in [1.82, 2.24) is 9.97 Å². The Morgan fingerprint density at radius 3 is 2.72 bits per heavy atom. The van der Waals surface area contributed by atoms with Crippen LogP contribution in [0.4, 0.5) is 5.95 Å². The molecule has 94 valence electrons. The summed E-state index contributed by atoms with van der Waals surface area (Å²) < 4.78 is 5.53. The minimum absolute atomic E-state index is 0.186. The number of nitrogens with two attached hydrogens (primary N) is 1. The Morgan fingerprint density at radius 1 is 1.28 bits per heavy atom. The highest BCUT2D eigenvalue weighted by molar-refractivity contribution is 6.32. The van der Waals surface area contributed by atoms with Crippen LogP contribution < -0.4 is 16.0 Å². The summed E-state index contributed by atoms with van der Waals surface area (Å²) in [5, 5.41) is 0.748. The van der Waals surface area contributed by atoms with E-state index in [1.807, 2.05) is 13.0 Å². The van der Waals surface area contributed by atoms with Crippen LogP contribution in [0.25, 0.3) is 0 Å². The van der Waals surface area contributed by atoms with E-state index in [4.69, 9.17) is 33.8 Å². The van der Waals surface area contributed by atoms with Crippen LogP contribution in [-0.4, -0.2) is 9.97 Å². The third-order valence-corrected chi connectivity index (χ3v) is 2.69. The summed E-state index contributed by atoms with van der Waals surface area (Å²) in [5.74, 6) is 6.07. The topological polar surface area (TPSA) is 73.1 Å². The van der Waals surface area contributed by atoms with Crippen molar-refractivity contribution in [2.45, 2.75) is 6.92 Å². The lowest BCUT2D eigenvalue weighted by Crippen LogP contribution is -2.10. The van der Waals surface area contributed by atoms with Gasteiger partial charge in [-0.1, -0.05) is 29.3 Å². The van der Waals surface area contributed by atoms with Crippen molar-refractivity contribution >= 4 is 29.2 Å². The number of nitrogens with one attached hydrogen (secondary N) is 1. The fourth-order valence-electron chi connectivity index (χ4n) is 1.29. The Hall–Kier alpha value is -1.56. The number of anilines is 1. The first kappa shape index (κ1) is 12.9. The summed E-state index contributed by atoms with van der Waals surface area (Å²) in [6.45, 7) is 1.93. The molecule has 0 saturated carbocycles. The molecule has 0 fully saturated rings. The molecule has 1 heterocycles. The first-order valence-corrected chi connectivity index (χ1v) is 5.79. The highest BCUT2D eigenvalue weighted by Crippen LogP contribution is 2.32. The van der Waals surface area contributed by atoms with E-state index in [0.29, 0.717) is 10.8 Å². The average Bonchev–Trinajstić information content (AvgIpc) is 2.35. The number of nitrogen functional groups attached to an aromatic ring is 1. The third kappa shape index (κ3) is 2.81. The molecular formula is C11H10Cl2N4O. The molecule has 5 nitrogen and oxygen atoms in total. The molecule has 0 saturated heterocycles. The van der Waals surface area contributed by atoms with Crippen molar-refractivity contribution in [2.75, 3.05) is 5.43 Å². The fourth-order valence-corrected chi connectivity index (χ4v) is 1.69.